The molecule has 0 aromatic heterocycles. The summed E-state index contributed by atoms with van der Waals surface area (Å²) in [5.74, 6) is 0.762. The van der Waals surface area contributed by atoms with Crippen molar-refractivity contribution in [2.24, 2.45) is 5.73 Å². The van der Waals surface area contributed by atoms with E-state index in [0.717, 1.165) is 0 Å². The molecule has 19 heavy (non-hydrogen) atoms. The molecule has 0 radical (unpaired) electrons. The average Bonchev–Trinajstić information content (AvgIpc) is 2.36. The highest BCUT2D eigenvalue weighted by molar-refractivity contribution is 6.32. The molecule has 4 heteroatoms. The molecule has 0 unspecified atom stereocenters. The maximum Gasteiger partial charge on any atom is 0.146 e. The van der Waals surface area contributed by atoms with Crippen LogP contribution in [0.15, 0.2) is 36.4 Å². The second-order valence-electron chi connectivity index (χ2n) is 4.46. The van der Waals surface area contributed by atoms with Gasteiger partial charge in [0.1, 0.15) is 17.3 Å². The van der Waals surface area contributed by atoms with Crippen LogP contribution in [0.2, 0.25) is 5.02 Å². The van der Waals surface area contributed by atoms with Gasteiger partial charge in [0.15, 0.2) is 0 Å². The molecule has 0 spiro atoms. The molecule has 0 fully saturated rings. The first-order chi connectivity index (χ1) is 8.99. The van der Waals surface area contributed by atoms with Gasteiger partial charge in [-0.15, -0.1) is 0 Å². The Bertz CT molecular complexity index is 599. The van der Waals surface area contributed by atoms with Crippen LogP contribution in [0.4, 0.5) is 4.39 Å². The lowest BCUT2D eigenvalue weighted by molar-refractivity contribution is 0.468. The van der Waals surface area contributed by atoms with Crippen LogP contribution in [0.5, 0.6) is 11.5 Å². The van der Waals surface area contributed by atoms with Crippen molar-refractivity contribution in [3.63, 3.8) is 0 Å². The van der Waals surface area contributed by atoms with E-state index in [1.54, 1.807) is 32.0 Å². The minimum absolute atomic E-state index is 0.293. The second kappa shape index (κ2) is 5.59. The van der Waals surface area contributed by atoms with Crippen molar-refractivity contribution in [3.05, 3.63) is 58.4 Å². The van der Waals surface area contributed by atoms with Crippen molar-refractivity contribution in [1.29, 1.82) is 0 Å². The summed E-state index contributed by atoms with van der Waals surface area (Å²) in [5.41, 5.74) is 6.97. The van der Waals surface area contributed by atoms with Crippen molar-refractivity contribution < 1.29 is 9.13 Å². The van der Waals surface area contributed by atoms with E-state index in [1.807, 2.05) is 12.1 Å². The number of para-hydroxylation sites is 1. The van der Waals surface area contributed by atoms with Gasteiger partial charge in [-0.2, -0.15) is 0 Å². The summed E-state index contributed by atoms with van der Waals surface area (Å²) in [6.07, 6.45) is 0. The minimum atomic E-state index is -0.326. The Morgan fingerprint density at radius 2 is 1.89 bits per heavy atom. The molecule has 0 aliphatic carbocycles. The zero-order valence-electron chi connectivity index (χ0n) is 10.8. The fourth-order valence-corrected chi connectivity index (χ4v) is 1.93. The van der Waals surface area contributed by atoms with Crippen LogP contribution in [0.1, 0.15) is 24.1 Å². The predicted molar refractivity (Wildman–Crippen MR) is 75.3 cm³/mol. The third-order valence-corrected chi connectivity index (χ3v) is 3.15. The molecule has 0 amide bonds. The summed E-state index contributed by atoms with van der Waals surface area (Å²) in [6, 6.07) is 9.85. The van der Waals surface area contributed by atoms with Crippen LogP contribution in [0.3, 0.4) is 0 Å². The van der Waals surface area contributed by atoms with E-state index in [0.29, 0.717) is 27.6 Å². The van der Waals surface area contributed by atoms with Crippen molar-refractivity contribution in [3.8, 4) is 11.5 Å². The van der Waals surface area contributed by atoms with Gasteiger partial charge < -0.3 is 10.5 Å². The smallest absolute Gasteiger partial charge is 0.146 e. The SMILES string of the molecule is Cc1cc(Oc2ccccc2Cl)c([C@@H](C)N)cc1F. The molecule has 2 aromatic carbocycles. The lowest BCUT2D eigenvalue weighted by atomic mass is 10.1. The van der Waals surface area contributed by atoms with Gasteiger partial charge in [-0.25, -0.2) is 4.39 Å². The number of benzene rings is 2. The molecule has 0 aliphatic heterocycles. The highest BCUT2D eigenvalue weighted by atomic mass is 35.5. The van der Waals surface area contributed by atoms with Gasteiger partial charge in [0.05, 0.1) is 5.02 Å². The van der Waals surface area contributed by atoms with Crippen molar-refractivity contribution in [2.75, 3.05) is 0 Å². The van der Waals surface area contributed by atoms with Gasteiger partial charge in [-0.05, 0) is 43.7 Å². The van der Waals surface area contributed by atoms with Crippen LogP contribution >= 0.6 is 11.6 Å². The molecule has 2 aromatic rings. The first-order valence-electron chi connectivity index (χ1n) is 5.97. The van der Waals surface area contributed by atoms with Crippen LogP contribution in [-0.2, 0) is 0 Å². The Morgan fingerprint density at radius 3 is 2.53 bits per heavy atom. The fourth-order valence-electron chi connectivity index (χ4n) is 1.76. The van der Waals surface area contributed by atoms with Crippen LogP contribution in [-0.4, -0.2) is 0 Å². The molecule has 2 rings (SSSR count). The lowest BCUT2D eigenvalue weighted by Crippen LogP contribution is -2.08. The minimum Gasteiger partial charge on any atom is -0.455 e. The van der Waals surface area contributed by atoms with Gasteiger partial charge >= 0.3 is 0 Å². The molecule has 100 valence electrons. The molecule has 0 aliphatic rings. The van der Waals surface area contributed by atoms with E-state index in [4.69, 9.17) is 22.1 Å². The van der Waals surface area contributed by atoms with Gasteiger partial charge in [0.2, 0.25) is 0 Å². The third-order valence-electron chi connectivity index (χ3n) is 2.84. The number of hydrogen-bond donors (Lipinski definition) is 1. The molecule has 2 N–H and O–H groups in total. The highest BCUT2D eigenvalue weighted by Gasteiger charge is 2.13. The Hall–Kier alpha value is -1.58. The number of hydrogen-bond acceptors (Lipinski definition) is 2. The van der Waals surface area contributed by atoms with E-state index >= 15 is 0 Å². The normalized spacial score (nSPS) is 12.3. The van der Waals surface area contributed by atoms with Crippen LogP contribution in [0.25, 0.3) is 0 Å². The van der Waals surface area contributed by atoms with E-state index in [1.165, 1.54) is 6.07 Å². The average molecular weight is 280 g/mol. The number of aryl methyl sites for hydroxylation is 1. The van der Waals surface area contributed by atoms with Crippen molar-refractivity contribution >= 4 is 11.6 Å². The summed E-state index contributed by atoms with van der Waals surface area (Å²) in [7, 11) is 0. The molecule has 2 nitrogen and oxygen atoms in total. The zero-order chi connectivity index (χ0) is 14.0. The Morgan fingerprint density at radius 1 is 1.21 bits per heavy atom. The summed E-state index contributed by atoms with van der Waals surface area (Å²) in [6.45, 7) is 3.46. The standard InChI is InChI=1S/C15H15ClFNO/c1-9-7-15(11(10(2)18)8-13(9)17)19-14-6-4-3-5-12(14)16/h3-8,10H,18H2,1-2H3/t10-/m1/s1. The first-order valence-corrected chi connectivity index (χ1v) is 6.35. The second-order valence-corrected chi connectivity index (χ2v) is 4.87. The van der Waals surface area contributed by atoms with Gasteiger partial charge in [-0.1, -0.05) is 23.7 Å². The molecular formula is C15H15ClFNO. The molecule has 0 heterocycles. The Kier molecular flexibility index (Phi) is 4.08. The largest absolute Gasteiger partial charge is 0.455 e. The summed E-state index contributed by atoms with van der Waals surface area (Å²) >= 11 is 6.05. The predicted octanol–water partition coefficient (Wildman–Crippen LogP) is 4.60. The van der Waals surface area contributed by atoms with E-state index < -0.39 is 0 Å². The van der Waals surface area contributed by atoms with Crippen molar-refractivity contribution in [1.82, 2.24) is 0 Å². The van der Waals surface area contributed by atoms with Crippen LogP contribution < -0.4 is 10.5 Å². The van der Waals surface area contributed by atoms with Crippen LogP contribution in [0, 0.1) is 12.7 Å². The number of halogens is 2. The van der Waals surface area contributed by atoms with Gasteiger partial charge in [-0.3, -0.25) is 0 Å². The van der Waals surface area contributed by atoms with E-state index in [2.05, 4.69) is 0 Å². The molecule has 0 bridgehead atoms. The third kappa shape index (κ3) is 3.06. The number of nitrogens with two attached hydrogens (primary N) is 1. The zero-order valence-corrected chi connectivity index (χ0v) is 11.5. The topological polar surface area (TPSA) is 35.2 Å². The van der Waals surface area contributed by atoms with Gasteiger partial charge in [0, 0.05) is 11.6 Å². The Balaban J connectivity index is 2.45. The number of rotatable bonds is 3. The maximum atomic E-state index is 13.6. The monoisotopic (exact) mass is 279 g/mol. The quantitative estimate of drug-likeness (QED) is 0.891. The highest BCUT2D eigenvalue weighted by Crippen LogP contribution is 2.34. The molecule has 1 atom stereocenters. The number of ether oxygens (including phenoxy) is 1. The first kappa shape index (κ1) is 13.8. The van der Waals surface area contributed by atoms with E-state index in [-0.39, 0.29) is 11.9 Å². The molecular weight excluding hydrogens is 265 g/mol. The molecule has 0 saturated carbocycles. The Labute approximate surface area is 117 Å². The van der Waals surface area contributed by atoms with E-state index in [9.17, 15) is 4.39 Å². The van der Waals surface area contributed by atoms with Gasteiger partial charge in [0.25, 0.3) is 0 Å². The summed E-state index contributed by atoms with van der Waals surface area (Å²) in [4.78, 5) is 0. The fraction of sp³-hybridized carbons (Fsp3) is 0.200. The maximum absolute atomic E-state index is 13.6. The lowest BCUT2D eigenvalue weighted by Gasteiger charge is -2.15. The van der Waals surface area contributed by atoms with Crippen molar-refractivity contribution in [2.45, 2.75) is 19.9 Å². The molecule has 0 saturated heterocycles. The summed E-state index contributed by atoms with van der Waals surface area (Å²) < 4.78 is 19.4. The summed E-state index contributed by atoms with van der Waals surface area (Å²) in [5, 5.41) is 0.500.